The van der Waals surface area contributed by atoms with Crippen LogP contribution in [0.15, 0.2) is 30.3 Å². The van der Waals surface area contributed by atoms with E-state index in [4.69, 9.17) is 0 Å². The highest BCUT2D eigenvalue weighted by molar-refractivity contribution is 5.79. The SMILES string of the molecule is CC1CNCCC1C(=O)NCc1ccccc1. The van der Waals surface area contributed by atoms with Crippen molar-refractivity contribution in [2.24, 2.45) is 11.8 Å². The molecular formula is C14H20N2O. The predicted octanol–water partition coefficient (Wildman–Crippen LogP) is 1.55. The normalized spacial score (nSPS) is 24.3. The number of hydrogen-bond acceptors (Lipinski definition) is 2. The Kier molecular flexibility index (Phi) is 4.15. The van der Waals surface area contributed by atoms with E-state index >= 15 is 0 Å². The molecule has 3 heteroatoms. The first kappa shape index (κ1) is 12.1. The summed E-state index contributed by atoms with van der Waals surface area (Å²) in [6.07, 6.45) is 0.946. The molecule has 2 atom stereocenters. The van der Waals surface area contributed by atoms with Crippen LogP contribution in [0, 0.1) is 11.8 Å². The van der Waals surface area contributed by atoms with Gasteiger partial charge in [-0.15, -0.1) is 0 Å². The Hall–Kier alpha value is -1.35. The van der Waals surface area contributed by atoms with Crippen LogP contribution in [0.5, 0.6) is 0 Å². The summed E-state index contributed by atoms with van der Waals surface area (Å²) in [6, 6.07) is 10.0. The quantitative estimate of drug-likeness (QED) is 0.830. The maximum absolute atomic E-state index is 12.0. The van der Waals surface area contributed by atoms with E-state index in [2.05, 4.69) is 17.6 Å². The number of nitrogens with one attached hydrogen (secondary N) is 2. The third kappa shape index (κ3) is 3.30. The van der Waals surface area contributed by atoms with Crippen LogP contribution >= 0.6 is 0 Å². The first-order valence-electron chi connectivity index (χ1n) is 6.29. The average Bonchev–Trinajstić information content (AvgIpc) is 2.38. The molecule has 17 heavy (non-hydrogen) atoms. The Morgan fingerprint density at radius 3 is 2.88 bits per heavy atom. The van der Waals surface area contributed by atoms with Crippen LogP contribution in [0.1, 0.15) is 18.9 Å². The largest absolute Gasteiger partial charge is 0.352 e. The van der Waals surface area contributed by atoms with Gasteiger partial charge in [-0.25, -0.2) is 0 Å². The molecule has 2 N–H and O–H groups in total. The zero-order valence-corrected chi connectivity index (χ0v) is 10.3. The van der Waals surface area contributed by atoms with E-state index in [9.17, 15) is 4.79 Å². The number of carbonyl (C=O) groups excluding carboxylic acids is 1. The maximum Gasteiger partial charge on any atom is 0.223 e. The summed E-state index contributed by atoms with van der Waals surface area (Å²) in [5, 5.41) is 6.35. The molecule has 1 aliphatic heterocycles. The van der Waals surface area contributed by atoms with Crippen molar-refractivity contribution in [1.82, 2.24) is 10.6 Å². The van der Waals surface area contributed by atoms with Crippen LogP contribution in [0.4, 0.5) is 0 Å². The van der Waals surface area contributed by atoms with E-state index in [1.165, 1.54) is 0 Å². The molecule has 3 nitrogen and oxygen atoms in total. The predicted molar refractivity (Wildman–Crippen MR) is 68.4 cm³/mol. The molecule has 1 aromatic rings. The van der Waals surface area contributed by atoms with Crippen molar-refractivity contribution in [3.8, 4) is 0 Å². The molecule has 1 aliphatic rings. The minimum Gasteiger partial charge on any atom is -0.352 e. The zero-order valence-electron chi connectivity index (χ0n) is 10.3. The fourth-order valence-electron chi connectivity index (χ4n) is 2.32. The van der Waals surface area contributed by atoms with Crippen LogP contribution in [0.2, 0.25) is 0 Å². The van der Waals surface area contributed by atoms with Crippen LogP contribution in [-0.2, 0) is 11.3 Å². The molecule has 1 amide bonds. The molecule has 1 saturated heterocycles. The van der Waals surface area contributed by atoms with Gasteiger partial charge in [0.2, 0.25) is 5.91 Å². The first-order chi connectivity index (χ1) is 8.27. The third-order valence-corrected chi connectivity index (χ3v) is 3.43. The van der Waals surface area contributed by atoms with E-state index in [-0.39, 0.29) is 11.8 Å². The monoisotopic (exact) mass is 232 g/mol. The van der Waals surface area contributed by atoms with Crippen molar-refractivity contribution in [3.05, 3.63) is 35.9 Å². The highest BCUT2D eigenvalue weighted by atomic mass is 16.1. The van der Waals surface area contributed by atoms with Crippen LogP contribution < -0.4 is 10.6 Å². The van der Waals surface area contributed by atoms with Gasteiger partial charge in [-0.3, -0.25) is 4.79 Å². The van der Waals surface area contributed by atoms with Gasteiger partial charge in [-0.05, 0) is 31.0 Å². The zero-order chi connectivity index (χ0) is 12.1. The third-order valence-electron chi connectivity index (χ3n) is 3.43. The Bertz CT molecular complexity index is 364. The lowest BCUT2D eigenvalue weighted by Gasteiger charge is -2.28. The van der Waals surface area contributed by atoms with E-state index in [1.54, 1.807) is 0 Å². The van der Waals surface area contributed by atoms with Gasteiger partial charge >= 0.3 is 0 Å². The van der Waals surface area contributed by atoms with Gasteiger partial charge in [0.05, 0.1) is 0 Å². The minimum absolute atomic E-state index is 0.167. The van der Waals surface area contributed by atoms with Crippen molar-refractivity contribution >= 4 is 5.91 Å². The molecule has 2 unspecified atom stereocenters. The summed E-state index contributed by atoms with van der Waals surface area (Å²) in [7, 11) is 0. The topological polar surface area (TPSA) is 41.1 Å². The summed E-state index contributed by atoms with van der Waals surface area (Å²) in [6.45, 7) is 4.67. The summed E-state index contributed by atoms with van der Waals surface area (Å²) >= 11 is 0. The second-order valence-electron chi connectivity index (χ2n) is 4.78. The molecule has 1 fully saturated rings. The lowest BCUT2D eigenvalue weighted by atomic mass is 9.87. The van der Waals surface area contributed by atoms with Crippen molar-refractivity contribution in [2.45, 2.75) is 19.9 Å². The van der Waals surface area contributed by atoms with Gasteiger partial charge < -0.3 is 10.6 Å². The van der Waals surface area contributed by atoms with E-state index in [1.807, 2.05) is 30.3 Å². The van der Waals surface area contributed by atoms with Gasteiger partial charge in [-0.2, -0.15) is 0 Å². The fraction of sp³-hybridized carbons (Fsp3) is 0.500. The smallest absolute Gasteiger partial charge is 0.223 e. The molecule has 0 aromatic heterocycles. The van der Waals surface area contributed by atoms with Crippen LogP contribution in [-0.4, -0.2) is 19.0 Å². The lowest BCUT2D eigenvalue weighted by Crippen LogP contribution is -2.43. The van der Waals surface area contributed by atoms with E-state index < -0.39 is 0 Å². The number of carbonyl (C=O) groups is 1. The summed E-state index contributed by atoms with van der Waals surface area (Å²) < 4.78 is 0. The van der Waals surface area contributed by atoms with E-state index in [0.717, 1.165) is 25.1 Å². The Morgan fingerprint density at radius 1 is 1.41 bits per heavy atom. The minimum atomic E-state index is 0.167. The standard InChI is InChI=1S/C14H20N2O/c1-11-9-15-8-7-13(11)14(17)16-10-12-5-3-2-4-6-12/h2-6,11,13,15H,7-10H2,1H3,(H,16,17). The molecule has 0 spiro atoms. The molecule has 0 saturated carbocycles. The second-order valence-corrected chi connectivity index (χ2v) is 4.78. The van der Waals surface area contributed by atoms with Gasteiger partial charge in [-0.1, -0.05) is 37.3 Å². The van der Waals surface area contributed by atoms with Crippen molar-refractivity contribution in [1.29, 1.82) is 0 Å². The molecule has 1 aromatic carbocycles. The first-order valence-corrected chi connectivity index (χ1v) is 6.29. The van der Waals surface area contributed by atoms with Gasteiger partial charge in [0.1, 0.15) is 0 Å². The Labute approximate surface area is 103 Å². The molecular weight excluding hydrogens is 212 g/mol. The van der Waals surface area contributed by atoms with Crippen molar-refractivity contribution in [3.63, 3.8) is 0 Å². The number of piperidine rings is 1. The van der Waals surface area contributed by atoms with Crippen molar-refractivity contribution < 1.29 is 4.79 Å². The fourth-order valence-corrected chi connectivity index (χ4v) is 2.32. The second kappa shape index (κ2) is 5.82. The summed E-state index contributed by atoms with van der Waals surface area (Å²) in [5.74, 6) is 0.794. The number of rotatable bonds is 3. The maximum atomic E-state index is 12.0. The van der Waals surface area contributed by atoms with Crippen LogP contribution in [0.25, 0.3) is 0 Å². The van der Waals surface area contributed by atoms with Gasteiger partial charge in [0.15, 0.2) is 0 Å². The average molecular weight is 232 g/mol. The van der Waals surface area contributed by atoms with Gasteiger partial charge in [0, 0.05) is 12.5 Å². The summed E-state index contributed by atoms with van der Waals surface area (Å²) in [4.78, 5) is 12.0. The highest BCUT2D eigenvalue weighted by Crippen LogP contribution is 2.18. The molecule has 92 valence electrons. The molecule has 0 radical (unpaired) electrons. The Balaban J connectivity index is 1.84. The highest BCUT2D eigenvalue weighted by Gasteiger charge is 2.27. The number of hydrogen-bond donors (Lipinski definition) is 2. The van der Waals surface area contributed by atoms with E-state index in [0.29, 0.717) is 12.5 Å². The number of amides is 1. The van der Waals surface area contributed by atoms with Gasteiger partial charge in [0.25, 0.3) is 0 Å². The molecule has 1 heterocycles. The molecule has 2 rings (SSSR count). The van der Waals surface area contributed by atoms with Crippen LogP contribution in [0.3, 0.4) is 0 Å². The van der Waals surface area contributed by atoms with Crippen molar-refractivity contribution in [2.75, 3.05) is 13.1 Å². The number of benzene rings is 1. The Morgan fingerprint density at radius 2 is 2.18 bits per heavy atom. The lowest BCUT2D eigenvalue weighted by molar-refractivity contribution is -0.127. The molecule has 0 aliphatic carbocycles. The molecule has 0 bridgehead atoms. The summed E-state index contributed by atoms with van der Waals surface area (Å²) in [5.41, 5.74) is 1.16.